The molecule has 0 unspecified atom stereocenters. The van der Waals surface area contributed by atoms with Crippen LogP contribution in [0.5, 0.6) is 0 Å². The van der Waals surface area contributed by atoms with Gasteiger partial charge in [-0.25, -0.2) is 19.0 Å². The van der Waals surface area contributed by atoms with Crippen LogP contribution >= 0.6 is 0 Å². The molecule has 2 aromatic heterocycles. The van der Waals surface area contributed by atoms with E-state index in [4.69, 9.17) is 15.2 Å². The molecule has 10 heteroatoms. The molecule has 1 aromatic carbocycles. The zero-order chi connectivity index (χ0) is 18.8. The average Bonchev–Trinajstić information content (AvgIpc) is 3.06. The molecule has 132 valence electrons. The number of fused-ring (bicyclic) bond motifs is 1. The van der Waals surface area contributed by atoms with Gasteiger partial charge in [-0.15, -0.1) is 10.2 Å². The first-order valence-corrected chi connectivity index (χ1v) is 7.30. The second-order valence-corrected chi connectivity index (χ2v) is 5.06. The molecule has 0 aliphatic heterocycles. The minimum absolute atomic E-state index is 0.145. The number of aromatic nitrogens is 4. The number of ketones is 1. The lowest BCUT2D eigenvalue weighted by atomic mass is 9.99. The van der Waals surface area contributed by atoms with Crippen LogP contribution in [0.15, 0.2) is 30.3 Å². The Morgan fingerprint density at radius 2 is 1.65 bits per heavy atom. The fourth-order valence-electron chi connectivity index (χ4n) is 2.44. The monoisotopic (exact) mass is 355 g/mol. The van der Waals surface area contributed by atoms with E-state index in [0.29, 0.717) is 0 Å². The Hall–Kier alpha value is -3.82. The van der Waals surface area contributed by atoms with Crippen LogP contribution in [-0.4, -0.2) is 51.5 Å². The second-order valence-electron chi connectivity index (χ2n) is 5.06. The molecule has 0 spiro atoms. The maximum atomic E-state index is 13.1. The second kappa shape index (κ2) is 6.59. The Kier molecular flexibility index (Phi) is 4.31. The van der Waals surface area contributed by atoms with Crippen LogP contribution in [0, 0.1) is 0 Å². The average molecular weight is 355 g/mol. The van der Waals surface area contributed by atoms with Gasteiger partial charge in [0.25, 0.3) is 5.78 Å². The van der Waals surface area contributed by atoms with Crippen LogP contribution < -0.4 is 5.73 Å². The number of ether oxygens (including phenoxy) is 2. The molecular weight excluding hydrogens is 342 g/mol. The predicted molar refractivity (Wildman–Crippen MR) is 87.7 cm³/mol. The molecule has 2 N–H and O–H groups in total. The first kappa shape index (κ1) is 17.0. The minimum Gasteiger partial charge on any atom is -0.464 e. The van der Waals surface area contributed by atoms with Crippen molar-refractivity contribution in [3.05, 3.63) is 52.8 Å². The molecule has 0 aliphatic rings. The summed E-state index contributed by atoms with van der Waals surface area (Å²) in [5, 5.41) is 7.33. The Morgan fingerprint density at radius 3 is 2.27 bits per heavy atom. The van der Waals surface area contributed by atoms with Crippen LogP contribution in [0.1, 0.15) is 36.9 Å². The standard InChI is InChI=1S/C16H13N5O5/c1-25-13(23)10-9(12(22)8-6-4-3-5-7-8)11(14(24)26-2)21-15(17)19-20-16(21)18-10/h3-7H,1-2H3,(H2,17,19). The van der Waals surface area contributed by atoms with E-state index in [1.54, 1.807) is 18.2 Å². The summed E-state index contributed by atoms with van der Waals surface area (Å²) in [6, 6.07) is 8.07. The first-order valence-electron chi connectivity index (χ1n) is 7.30. The summed E-state index contributed by atoms with van der Waals surface area (Å²) in [5.74, 6) is -2.79. The number of nitrogen functional groups attached to an aromatic ring is 1. The molecule has 0 fully saturated rings. The molecule has 3 aromatic rings. The fourth-order valence-corrected chi connectivity index (χ4v) is 2.44. The van der Waals surface area contributed by atoms with Crippen molar-refractivity contribution in [1.82, 2.24) is 19.6 Å². The fraction of sp³-hybridized carbons (Fsp3) is 0.125. The van der Waals surface area contributed by atoms with E-state index < -0.39 is 17.7 Å². The molecule has 0 bridgehead atoms. The number of rotatable bonds is 4. The molecule has 0 saturated heterocycles. The predicted octanol–water partition coefficient (Wildman–Crippen LogP) is 0.511. The summed E-state index contributed by atoms with van der Waals surface area (Å²) in [6.07, 6.45) is 0. The van der Waals surface area contributed by atoms with Crippen LogP contribution in [0.4, 0.5) is 5.95 Å². The van der Waals surface area contributed by atoms with Crippen molar-refractivity contribution in [2.75, 3.05) is 20.0 Å². The summed E-state index contributed by atoms with van der Waals surface area (Å²) in [5.41, 5.74) is 4.97. The van der Waals surface area contributed by atoms with Crippen molar-refractivity contribution >= 4 is 29.4 Å². The van der Waals surface area contributed by atoms with Gasteiger partial charge >= 0.3 is 11.9 Å². The first-order chi connectivity index (χ1) is 12.5. The maximum Gasteiger partial charge on any atom is 0.357 e. The summed E-state index contributed by atoms with van der Waals surface area (Å²) < 4.78 is 10.5. The molecule has 0 saturated carbocycles. The van der Waals surface area contributed by atoms with Crippen molar-refractivity contribution in [2.45, 2.75) is 0 Å². The molecule has 0 atom stereocenters. The van der Waals surface area contributed by atoms with Gasteiger partial charge in [0, 0.05) is 5.56 Å². The van der Waals surface area contributed by atoms with Crippen LogP contribution in [0.25, 0.3) is 5.78 Å². The molecule has 0 amide bonds. The maximum absolute atomic E-state index is 13.1. The Labute approximate surface area is 146 Å². The SMILES string of the molecule is COC(=O)c1nc2nnc(N)n2c(C(=O)OC)c1C(=O)c1ccccc1. The number of nitrogens with zero attached hydrogens (tertiary/aromatic N) is 4. The van der Waals surface area contributed by atoms with Gasteiger partial charge in [-0.05, 0) is 0 Å². The number of hydrogen-bond donors (Lipinski definition) is 1. The largest absolute Gasteiger partial charge is 0.464 e. The van der Waals surface area contributed by atoms with Crippen molar-refractivity contribution in [3.63, 3.8) is 0 Å². The number of methoxy groups -OCH3 is 2. The Bertz CT molecular complexity index is 1030. The lowest BCUT2D eigenvalue weighted by molar-refractivity contribution is 0.0582. The third-order valence-corrected chi connectivity index (χ3v) is 3.60. The highest BCUT2D eigenvalue weighted by Crippen LogP contribution is 2.22. The van der Waals surface area contributed by atoms with E-state index in [1.165, 1.54) is 12.1 Å². The smallest absolute Gasteiger partial charge is 0.357 e. The van der Waals surface area contributed by atoms with Gasteiger partial charge in [0.05, 0.1) is 19.8 Å². The van der Waals surface area contributed by atoms with Crippen molar-refractivity contribution in [1.29, 1.82) is 0 Å². The van der Waals surface area contributed by atoms with Crippen molar-refractivity contribution in [2.24, 2.45) is 0 Å². The van der Waals surface area contributed by atoms with E-state index >= 15 is 0 Å². The van der Waals surface area contributed by atoms with Gasteiger partial charge in [0.1, 0.15) is 0 Å². The van der Waals surface area contributed by atoms with Gasteiger partial charge in [-0.2, -0.15) is 0 Å². The Morgan fingerprint density at radius 1 is 1.00 bits per heavy atom. The van der Waals surface area contributed by atoms with Crippen molar-refractivity contribution in [3.8, 4) is 0 Å². The quantitative estimate of drug-likeness (QED) is 0.523. The number of carbonyl (C=O) groups is 3. The number of carbonyl (C=O) groups excluding carboxylic acids is 3. The van der Waals surface area contributed by atoms with Gasteiger partial charge < -0.3 is 15.2 Å². The van der Waals surface area contributed by atoms with Crippen LogP contribution in [0.2, 0.25) is 0 Å². The molecule has 2 heterocycles. The van der Waals surface area contributed by atoms with E-state index in [-0.39, 0.29) is 34.2 Å². The third kappa shape index (κ3) is 2.62. The van der Waals surface area contributed by atoms with Gasteiger partial charge in [-0.1, -0.05) is 30.3 Å². The highest BCUT2D eigenvalue weighted by molar-refractivity contribution is 6.18. The molecule has 10 nitrogen and oxygen atoms in total. The van der Waals surface area contributed by atoms with E-state index in [0.717, 1.165) is 18.6 Å². The Balaban J connectivity index is 2.43. The zero-order valence-corrected chi connectivity index (χ0v) is 13.8. The number of nitrogens with two attached hydrogens (primary N) is 1. The summed E-state index contributed by atoms with van der Waals surface area (Å²) in [6.45, 7) is 0. The minimum atomic E-state index is -0.918. The molecule has 0 aliphatic carbocycles. The van der Waals surface area contributed by atoms with E-state index in [1.807, 2.05) is 0 Å². The number of hydrogen-bond acceptors (Lipinski definition) is 9. The molecule has 26 heavy (non-hydrogen) atoms. The van der Waals surface area contributed by atoms with Crippen LogP contribution in [-0.2, 0) is 9.47 Å². The summed E-state index contributed by atoms with van der Waals surface area (Å²) in [4.78, 5) is 41.7. The van der Waals surface area contributed by atoms with Gasteiger partial charge in [0.2, 0.25) is 5.95 Å². The number of esters is 2. The summed E-state index contributed by atoms with van der Waals surface area (Å²) >= 11 is 0. The highest BCUT2D eigenvalue weighted by atomic mass is 16.5. The molecular formula is C16H13N5O5. The number of anilines is 1. The number of benzene rings is 1. The van der Waals surface area contributed by atoms with Gasteiger partial charge in [-0.3, -0.25) is 4.79 Å². The highest BCUT2D eigenvalue weighted by Gasteiger charge is 2.32. The van der Waals surface area contributed by atoms with Crippen LogP contribution in [0.3, 0.4) is 0 Å². The van der Waals surface area contributed by atoms with E-state index in [2.05, 4.69) is 15.2 Å². The topological polar surface area (TPSA) is 139 Å². The third-order valence-electron chi connectivity index (χ3n) is 3.60. The molecule has 0 radical (unpaired) electrons. The van der Waals surface area contributed by atoms with Gasteiger partial charge in [0.15, 0.2) is 17.2 Å². The lowest BCUT2D eigenvalue weighted by Crippen LogP contribution is -2.23. The molecule has 3 rings (SSSR count). The van der Waals surface area contributed by atoms with Crippen molar-refractivity contribution < 1.29 is 23.9 Å². The zero-order valence-electron chi connectivity index (χ0n) is 13.8. The summed E-state index contributed by atoms with van der Waals surface area (Å²) in [7, 11) is 2.25. The van der Waals surface area contributed by atoms with E-state index in [9.17, 15) is 14.4 Å². The lowest BCUT2D eigenvalue weighted by Gasteiger charge is -2.13. The normalized spacial score (nSPS) is 10.5.